The van der Waals surface area contributed by atoms with E-state index >= 15 is 0 Å². The third-order valence-electron chi connectivity index (χ3n) is 9.99. The third-order valence-corrected chi connectivity index (χ3v) is 9.99. The molecule has 1 atom stereocenters. The maximum Gasteiger partial charge on any atom is 0.410 e. The topological polar surface area (TPSA) is 130 Å². The van der Waals surface area contributed by atoms with E-state index in [1.54, 1.807) is 9.42 Å². The van der Waals surface area contributed by atoms with Gasteiger partial charge in [-0.3, -0.25) is 4.98 Å². The summed E-state index contributed by atoms with van der Waals surface area (Å²) < 4.78 is 13.8. The third kappa shape index (κ3) is 7.77. The minimum Gasteiger partial charge on any atom is -0.458 e. The standard InChI is InChI=1S/C40H50N8O4/c1-26(2)34-23-43-48-36(34)44-38(51-31-10-8-18-47(24-31)39(50)52-40(3,4)5)45-37(48)42-22-29-9-6-7-11-32(29)35-33-13-12-30(21-28(33)14-17-41-35)46-19-15-27(25-49)16-20-46/h6-7,9,11-14,17,21,23,26-27,31,49H,8,10,15-16,18-20,22,24-25H2,1-5H3,(H,42,44,45)/t31-/m1/s1. The molecule has 0 aliphatic carbocycles. The van der Waals surface area contributed by atoms with Crippen molar-refractivity contribution >= 4 is 34.1 Å². The second-order valence-corrected chi connectivity index (χ2v) is 15.3. The van der Waals surface area contributed by atoms with E-state index in [1.165, 1.54) is 5.69 Å². The van der Waals surface area contributed by atoms with E-state index < -0.39 is 5.60 Å². The zero-order valence-corrected chi connectivity index (χ0v) is 30.9. The molecule has 2 N–H and O–H groups in total. The van der Waals surface area contributed by atoms with E-state index in [-0.39, 0.29) is 30.7 Å². The van der Waals surface area contributed by atoms with E-state index in [2.05, 4.69) is 65.6 Å². The molecule has 0 spiro atoms. The number of anilines is 2. The number of aliphatic hydroxyl groups is 1. The lowest BCUT2D eigenvalue weighted by Crippen LogP contribution is -2.46. The molecule has 2 aliphatic rings. The van der Waals surface area contributed by atoms with Crippen molar-refractivity contribution in [1.82, 2.24) is 29.5 Å². The van der Waals surface area contributed by atoms with Gasteiger partial charge in [0.1, 0.15) is 11.7 Å². The Kier molecular flexibility index (Phi) is 10.2. The predicted octanol–water partition coefficient (Wildman–Crippen LogP) is 7.06. The largest absolute Gasteiger partial charge is 0.458 e. The number of piperidine rings is 2. The van der Waals surface area contributed by atoms with Crippen LogP contribution in [-0.2, 0) is 11.3 Å². The van der Waals surface area contributed by atoms with Crippen LogP contribution < -0.4 is 15.0 Å². The molecule has 12 heteroatoms. The first-order chi connectivity index (χ1) is 25.1. The number of aromatic nitrogens is 5. The van der Waals surface area contributed by atoms with Crippen molar-refractivity contribution in [3.05, 3.63) is 72.1 Å². The van der Waals surface area contributed by atoms with Gasteiger partial charge in [0.15, 0.2) is 5.65 Å². The molecule has 7 rings (SSSR count). The molecule has 3 aromatic heterocycles. The molecular formula is C40H50N8O4. The highest BCUT2D eigenvalue weighted by molar-refractivity contribution is 5.97. The Labute approximate surface area is 305 Å². The van der Waals surface area contributed by atoms with Crippen molar-refractivity contribution in [2.45, 2.75) is 84.5 Å². The molecule has 0 unspecified atom stereocenters. The SMILES string of the molecule is CC(C)c1cnn2c(NCc3ccccc3-c3nccc4cc(N5CCC(CO)CC5)ccc34)nc(O[C@@H]3CCCN(C(=O)OC(C)(C)C)C3)nc12. The van der Waals surface area contributed by atoms with Crippen molar-refractivity contribution in [3.63, 3.8) is 0 Å². The Morgan fingerprint density at radius 1 is 1.04 bits per heavy atom. The van der Waals surface area contributed by atoms with E-state index in [9.17, 15) is 9.90 Å². The first kappa shape index (κ1) is 35.4. The molecule has 5 heterocycles. The first-order valence-electron chi connectivity index (χ1n) is 18.5. The summed E-state index contributed by atoms with van der Waals surface area (Å²) in [4.78, 5) is 31.4. The van der Waals surface area contributed by atoms with Gasteiger partial charge in [0.2, 0.25) is 5.95 Å². The number of nitrogens with one attached hydrogen (secondary N) is 1. The quantitative estimate of drug-likeness (QED) is 0.164. The number of likely N-dealkylation sites (tertiary alicyclic amines) is 1. The lowest BCUT2D eigenvalue weighted by atomic mass is 9.96. The van der Waals surface area contributed by atoms with Crippen molar-refractivity contribution < 1.29 is 19.4 Å². The molecule has 274 valence electrons. The summed E-state index contributed by atoms with van der Waals surface area (Å²) in [6.45, 7) is 13.5. The van der Waals surface area contributed by atoms with Gasteiger partial charge in [-0.2, -0.15) is 19.6 Å². The normalized spacial score (nSPS) is 17.2. The molecule has 0 radical (unpaired) electrons. The summed E-state index contributed by atoms with van der Waals surface area (Å²) in [6, 6.07) is 17.2. The number of amides is 1. The predicted molar refractivity (Wildman–Crippen MR) is 203 cm³/mol. The Bertz CT molecular complexity index is 2030. The minimum absolute atomic E-state index is 0.191. The van der Waals surface area contributed by atoms with Gasteiger partial charge in [0.25, 0.3) is 0 Å². The van der Waals surface area contributed by atoms with Crippen LogP contribution in [0.15, 0.2) is 60.9 Å². The number of rotatable bonds is 9. The molecule has 1 amide bonds. The molecule has 2 saturated heterocycles. The van der Waals surface area contributed by atoms with Crippen LogP contribution in [-0.4, -0.2) is 85.2 Å². The molecule has 52 heavy (non-hydrogen) atoms. The number of nitrogens with zero attached hydrogens (tertiary/aromatic N) is 7. The molecule has 2 fully saturated rings. The summed E-state index contributed by atoms with van der Waals surface area (Å²) in [5, 5.41) is 20.0. The van der Waals surface area contributed by atoms with Crippen LogP contribution in [0.1, 0.15) is 77.3 Å². The minimum atomic E-state index is -0.570. The number of benzene rings is 2. The number of carbonyl (C=O) groups excluding carboxylic acids is 1. The number of aliphatic hydroxyl groups excluding tert-OH is 1. The average Bonchev–Trinajstić information content (AvgIpc) is 3.58. The van der Waals surface area contributed by atoms with Gasteiger partial charge in [0, 0.05) is 61.2 Å². The average molecular weight is 707 g/mol. The fourth-order valence-electron chi connectivity index (χ4n) is 7.16. The highest BCUT2D eigenvalue weighted by atomic mass is 16.6. The first-order valence-corrected chi connectivity index (χ1v) is 18.5. The zero-order valence-electron chi connectivity index (χ0n) is 30.9. The van der Waals surface area contributed by atoms with Crippen LogP contribution >= 0.6 is 0 Å². The van der Waals surface area contributed by atoms with Crippen molar-refractivity contribution in [2.75, 3.05) is 43.0 Å². The van der Waals surface area contributed by atoms with Crippen molar-refractivity contribution in [2.24, 2.45) is 5.92 Å². The van der Waals surface area contributed by atoms with Gasteiger partial charge in [-0.15, -0.1) is 0 Å². The summed E-state index contributed by atoms with van der Waals surface area (Å²) in [7, 11) is 0. The molecule has 2 aromatic carbocycles. The second kappa shape index (κ2) is 14.9. The number of carbonyl (C=O) groups is 1. The smallest absolute Gasteiger partial charge is 0.410 e. The van der Waals surface area contributed by atoms with Gasteiger partial charge in [-0.1, -0.05) is 44.2 Å². The van der Waals surface area contributed by atoms with Crippen LogP contribution in [0.25, 0.3) is 27.7 Å². The lowest BCUT2D eigenvalue weighted by molar-refractivity contribution is 0.00662. The van der Waals surface area contributed by atoms with Crippen LogP contribution in [0.4, 0.5) is 16.4 Å². The fraction of sp³-hybridized carbons (Fsp3) is 0.475. The van der Waals surface area contributed by atoms with Crippen molar-refractivity contribution in [3.8, 4) is 17.3 Å². The monoisotopic (exact) mass is 706 g/mol. The number of hydrogen-bond donors (Lipinski definition) is 2. The Hall–Kier alpha value is -4.97. The van der Waals surface area contributed by atoms with Gasteiger partial charge in [0.05, 0.1) is 18.4 Å². The van der Waals surface area contributed by atoms with Crippen LogP contribution in [0.3, 0.4) is 0 Å². The lowest BCUT2D eigenvalue weighted by Gasteiger charge is -2.33. The van der Waals surface area contributed by atoms with Crippen LogP contribution in [0.5, 0.6) is 6.01 Å². The van der Waals surface area contributed by atoms with Crippen molar-refractivity contribution in [1.29, 1.82) is 0 Å². The van der Waals surface area contributed by atoms with Gasteiger partial charge < -0.3 is 29.7 Å². The maximum absolute atomic E-state index is 12.8. The van der Waals surface area contributed by atoms with E-state index in [1.807, 2.05) is 45.3 Å². The van der Waals surface area contributed by atoms with Gasteiger partial charge in [-0.25, -0.2) is 4.79 Å². The van der Waals surface area contributed by atoms with Crippen LogP contribution in [0.2, 0.25) is 0 Å². The fourth-order valence-corrected chi connectivity index (χ4v) is 7.16. The molecular weight excluding hydrogens is 656 g/mol. The summed E-state index contributed by atoms with van der Waals surface area (Å²) >= 11 is 0. The zero-order chi connectivity index (χ0) is 36.4. The van der Waals surface area contributed by atoms with E-state index in [4.69, 9.17) is 24.4 Å². The summed E-state index contributed by atoms with van der Waals surface area (Å²) in [6.07, 6.45) is 6.70. The second-order valence-electron chi connectivity index (χ2n) is 15.3. The number of hydrogen-bond acceptors (Lipinski definition) is 10. The van der Waals surface area contributed by atoms with E-state index in [0.29, 0.717) is 37.1 Å². The summed E-state index contributed by atoms with van der Waals surface area (Å²) in [5.74, 6) is 1.10. The summed E-state index contributed by atoms with van der Waals surface area (Å²) in [5.41, 5.74) is 5.32. The Balaban J connectivity index is 1.14. The molecule has 0 bridgehead atoms. The molecule has 12 nitrogen and oxygen atoms in total. The highest BCUT2D eigenvalue weighted by Crippen LogP contribution is 2.33. The molecule has 0 saturated carbocycles. The van der Waals surface area contributed by atoms with Gasteiger partial charge >= 0.3 is 12.1 Å². The van der Waals surface area contributed by atoms with Crippen LogP contribution in [0, 0.1) is 5.92 Å². The number of ether oxygens (including phenoxy) is 2. The number of pyridine rings is 1. The highest BCUT2D eigenvalue weighted by Gasteiger charge is 2.30. The van der Waals surface area contributed by atoms with Gasteiger partial charge in [-0.05, 0) is 87.4 Å². The maximum atomic E-state index is 12.8. The Morgan fingerprint density at radius 2 is 1.85 bits per heavy atom. The molecule has 5 aromatic rings. The Morgan fingerprint density at radius 3 is 2.62 bits per heavy atom. The number of fused-ring (bicyclic) bond motifs is 2. The molecule has 2 aliphatic heterocycles. The van der Waals surface area contributed by atoms with E-state index in [0.717, 1.165) is 71.9 Å².